The summed E-state index contributed by atoms with van der Waals surface area (Å²) in [6.07, 6.45) is 1.03. The molecule has 0 radical (unpaired) electrons. The van der Waals surface area contributed by atoms with E-state index in [-0.39, 0.29) is 5.82 Å². The third-order valence-corrected chi connectivity index (χ3v) is 3.20. The molecular formula is C16H16FN3. The normalized spacial score (nSPS) is 10.9. The summed E-state index contributed by atoms with van der Waals surface area (Å²) >= 11 is 0. The molecule has 0 bridgehead atoms. The molecule has 0 aliphatic rings. The molecule has 102 valence electrons. The zero-order valence-electron chi connectivity index (χ0n) is 11.3. The second-order valence-electron chi connectivity index (χ2n) is 4.71. The third-order valence-electron chi connectivity index (χ3n) is 3.20. The number of benzene rings is 2. The van der Waals surface area contributed by atoms with Crippen molar-refractivity contribution in [2.24, 2.45) is 0 Å². The van der Waals surface area contributed by atoms with Gasteiger partial charge < -0.3 is 9.88 Å². The van der Waals surface area contributed by atoms with Gasteiger partial charge in [-0.15, -0.1) is 0 Å². The topological polar surface area (TPSA) is 29.9 Å². The number of para-hydroxylation sites is 2. The Bertz CT molecular complexity index is 716. The van der Waals surface area contributed by atoms with E-state index in [1.54, 1.807) is 12.1 Å². The number of rotatable bonds is 4. The molecule has 3 nitrogen and oxygen atoms in total. The van der Waals surface area contributed by atoms with E-state index in [1.165, 1.54) is 12.1 Å². The van der Waals surface area contributed by atoms with Gasteiger partial charge in [0.15, 0.2) is 0 Å². The highest BCUT2D eigenvalue weighted by atomic mass is 19.1. The maximum absolute atomic E-state index is 12.9. The quantitative estimate of drug-likeness (QED) is 0.764. The molecule has 1 N–H and O–H groups in total. The Labute approximate surface area is 117 Å². The van der Waals surface area contributed by atoms with Crippen LogP contribution in [0.25, 0.3) is 11.0 Å². The van der Waals surface area contributed by atoms with Gasteiger partial charge in [0.2, 0.25) is 5.95 Å². The molecule has 0 spiro atoms. The minimum Gasteiger partial charge on any atom is -0.326 e. The Morgan fingerprint density at radius 1 is 1.10 bits per heavy atom. The summed E-state index contributed by atoms with van der Waals surface area (Å²) in [5, 5.41) is 3.26. The van der Waals surface area contributed by atoms with Gasteiger partial charge in [0.1, 0.15) is 5.82 Å². The van der Waals surface area contributed by atoms with Gasteiger partial charge in [-0.1, -0.05) is 19.1 Å². The van der Waals surface area contributed by atoms with Gasteiger partial charge in [-0.2, -0.15) is 0 Å². The Kier molecular flexibility index (Phi) is 3.37. The zero-order valence-corrected chi connectivity index (χ0v) is 11.3. The van der Waals surface area contributed by atoms with Crippen LogP contribution in [0.15, 0.2) is 48.5 Å². The molecule has 0 saturated carbocycles. The summed E-state index contributed by atoms with van der Waals surface area (Å²) in [5.74, 6) is 0.553. The van der Waals surface area contributed by atoms with Crippen molar-refractivity contribution in [2.75, 3.05) is 5.32 Å². The molecule has 3 rings (SSSR count). The van der Waals surface area contributed by atoms with E-state index >= 15 is 0 Å². The Balaban J connectivity index is 2.01. The van der Waals surface area contributed by atoms with Crippen LogP contribution in [0.3, 0.4) is 0 Å². The van der Waals surface area contributed by atoms with Crippen molar-refractivity contribution in [1.82, 2.24) is 9.55 Å². The second kappa shape index (κ2) is 5.33. The number of hydrogen-bond acceptors (Lipinski definition) is 2. The molecule has 3 aromatic rings. The van der Waals surface area contributed by atoms with Crippen LogP contribution in [0.5, 0.6) is 0 Å². The molecular weight excluding hydrogens is 253 g/mol. The fraction of sp³-hybridized carbons (Fsp3) is 0.188. The average Bonchev–Trinajstić information content (AvgIpc) is 2.80. The first-order valence-corrected chi connectivity index (χ1v) is 6.76. The molecule has 1 aromatic heterocycles. The van der Waals surface area contributed by atoms with Crippen LogP contribution in [0.2, 0.25) is 0 Å². The summed E-state index contributed by atoms with van der Waals surface area (Å²) in [5.41, 5.74) is 2.91. The predicted octanol–water partition coefficient (Wildman–Crippen LogP) is 4.33. The first kappa shape index (κ1) is 12.7. The van der Waals surface area contributed by atoms with Crippen molar-refractivity contribution in [3.63, 3.8) is 0 Å². The number of hydrogen-bond donors (Lipinski definition) is 1. The van der Waals surface area contributed by atoms with E-state index in [0.29, 0.717) is 0 Å². The molecule has 0 aliphatic carbocycles. The highest BCUT2D eigenvalue weighted by Gasteiger charge is 2.09. The predicted molar refractivity (Wildman–Crippen MR) is 79.7 cm³/mol. The number of aromatic nitrogens is 2. The number of nitrogens with one attached hydrogen (secondary N) is 1. The molecule has 0 aliphatic heterocycles. The number of imidazole rings is 1. The minimum atomic E-state index is -0.238. The summed E-state index contributed by atoms with van der Waals surface area (Å²) in [6, 6.07) is 14.4. The molecule has 4 heteroatoms. The Morgan fingerprint density at radius 2 is 1.85 bits per heavy atom. The lowest BCUT2D eigenvalue weighted by Gasteiger charge is -2.09. The lowest BCUT2D eigenvalue weighted by Crippen LogP contribution is -2.03. The van der Waals surface area contributed by atoms with E-state index in [9.17, 15) is 4.39 Å². The largest absolute Gasteiger partial charge is 0.326 e. The maximum Gasteiger partial charge on any atom is 0.208 e. The molecule has 0 fully saturated rings. The fourth-order valence-electron chi connectivity index (χ4n) is 2.28. The molecule has 0 saturated heterocycles. The summed E-state index contributed by atoms with van der Waals surface area (Å²) < 4.78 is 15.1. The Morgan fingerprint density at radius 3 is 2.60 bits per heavy atom. The van der Waals surface area contributed by atoms with Crippen molar-refractivity contribution in [1.29, 1.82) is 0 Å². The first-order chi connectivity index (χ1) is 9.78. The standard InChI is InChI=1S/C16H16FN3/c1-2-11-20-15-6-4-3-5-14(15)19-16(20)18-13-9-7-12(17)8-10-13/h3-10H,2,11H2,1H3,(H,18,19). The summed E-state index contributed by atoms with van der Waals surface area (Å²) in [4.78, 5) is 4.61. The monoisotopic (exact) mass is 269 g/mol. The van der Waals surface area contributed by atoms with Crippen LogP contribution in [0.4, 0.5) is 16.0 Å². The summed E-state index contributed by atoms with van der Waals surface area (Å²) in [6.45, 7) is 3.03. The number of aryl methyl sites for hydroxylation is 1. The van der Waals surface area contributed by atoms with Crippen molar-refractivity contribution in [3.05, 3.63) is 54.3 Å². The van der Waals surface area contributed by atoms with Gasteiger partial charge in [0, 0.05) is 12.2 Å². The SMILES string of the molecule is CCCn1c(Nc2ccc(F)cc2)nc2ccccc21. The zero-order chi connectivity index (χ0) is 13.9. The molecule has 0 unspecified atom stereocenters. The Hall–Kier alpha value is -2.36. The molecule has 1 heterocycles. The van der Waals surface area contributed by atoms with Crippen molar-refractivity contribution in [2.45, 2.75) is 19.9 Å². The van der Waals surface area contributed by atoms with E-state index in [1.807, 2.05) is 18.2 Å². The molecule has 0 atom stereocenters. The fourth-order valence-corrected chi connectivity index (χ4v) is 2.28. The van der Waals surface area contributed by atoms with Gasteiger partial charge in [0.05, 0.1) is 11.0 Å². The highest BCUT2D eigenvalue weighted by Crippen LogP contribution is 2.23. The van der Waals surface area contributed by atoms with Crippen LogP contribution in [0.1, 0.15) is 13.3 Å². The average molecular weight is 269 g/mol. The third kappa shape index (κ3) is 2.37. The highest BCUT2D eigenvalue weighted by molar-refractivity contribution is 5.79. The van der Waals surface area contributed by atoms with Crippen LogP contribution < -0.4 is 5.32 Å². The maximum atomic E-state index is 12.9. The van der Waals surface area contributed by atoms with Crippen LogP contribution >= 0.6 is 0 Å². The van der Waals surface area contributed by atoms with Gasteiger partial charge in [-0.3, -0.25) is 0 Å². The van der Waals surface area contributed by atoms with Crippen molar-refractivity contribution < 1.29 is 4.39 Å². The van der Waals surface area contributed by atoms with Crippen LogP contribution in [-0.4, -0.2) is 9.55 Å². The van der Waals surface area contributed by atoms with Crippen molar-refractivity contribution >= 4 is 22.7 Å². The van der Waals surface area contributed by atoms with Gasteiger partial charge in [-0.05, 0) is 42.8 Å². The summed E-state index contributed by atoms with van der Waals surface area (Å²) in [7, 11) is 0. The van der Waals surface area contributed by atoms with Crippen LogP contribution in [-0.2, 0) is 6.54 Å². The van der Waals surface area contributed by atoms with E-state index < -0.39 is 0 Å². The van der Waals surface area contributed by atoms with Crippen molar-refractivity contribution in [3.8, 4) is 0 Å². The van der Waals surface area contributed by atoms with E-state index in [2.05, 4.69) is 27.9 Å². The van der Waals surface area contributed by atoms with Gasteiger partial charge >= 0.3 is 0 Å². The molecule has 20 heavy (non-hydrogen) atoms. The number of nitrogens with zero attached hydrogens (tertiary/aromatic N) is 2. The molecule has 2 aromatic carbocycles. The van der Waals surface area contributed by atoms with E-state index in [0.717, 1.165) is 35.6 Å². The lowest BCUT2D eigenvalue weighted by atomic mass is 10.3. The van der Waals surface area contributed by atoms with Crippen LogP contribution in [0, 0.1) is 5.82 Å². The number of halogens is 1. The smallest absolute Gasteiger partial charge is 0.208 e. The lowest BCUT2D eigenvalue weighted by molar-refractivity contribution is 0.628. The second-order valence-corrected chi connectivity index (χ2v) is 4.71. The number of anilines is 2. The molecule has 0 amide bonds. The first-order valence-electron chi connectivity index (χ1n) is 6.76. The minimum absolute atomic E-state index is 0.238. The van der Waals surface area contributed by atoms with Gasteiger partial charge in [-0.25, -0.2) is 9.37 Å². The van der Waals surface area contributed by atoms with Gasteiger partial charge in [0.25, 0.3) is 0 Å². The number of fused-ring (bicyclic) bond motifs is 1. The van der Waals surface area contributed by atoms with E-state index in [4.69, 9.17) is 0 Å².